The molecule has 0 saturated carbocycles. The minimum absolute atomic E-state index is 0.146. The van der Waals surface area contributed by atoms with E-state index in [0.29, 0.717) is 24.5 Å². The Morgan fingerprint density at radius 1 is 1.06 bits per heavy atom. The van der Waals surface area contributed by atoms with Gasteiger partial charge in [-0.2, -0.15) is 4.31 Å². The Hall–Kier alpha value is -3.08. The molecule has 2 aromatic carbocycles. The van der Waals surface area contributed by atoms with Gasteiger partial charge in [0.2, 0.25) is 10.0 Å². The Labute approximate surface area is 185 Å². The number of halogens is 1. The predicted molar refractivity (Wildman–Crippen MR) is 117 cm³/mol. The van der Waals surface area contributed by atoms with Crippen LogP contribution >= 0.6 is 0 Å². The third kappa shape index (κ3) is 4.57. The van der Waals surface area contributed by atoms with Crippen molar-refractivity contribution in [3.05, 3.63) is 72.6 Å². The molecule has 1 aliphatic heterocycles. The molecule has 2 atom stereocenters. The van der Waals surface area contributed by atoms with Crippen LogP contribution in [0.4, 0.5) is 10.1 Å². The van der Waals surface area contributed by atoms with Gasteiger partial charge in [0.1, 0.15) is 11.5 Å². The lowest BCUT2D eigenvalue weighted by molar-refractivity contribution is -0.0440. The van der Waals surface area contributed by atoms with Gasteiger partial charge in [-0.1, -0.05) is 0 Å². The lowest BCUT2D eigenvalue weighted by atomic mass is 10.3. The molecule has 4 rings (SSSR count). The molecule has 0 unspecified atom stereocenters. The molecule has 168 valence electrons. The van der Waals surface area contributed by atoms with Crippen LogP contribution in [0.2, 0.25) is 0 Å². The van der Waals surface area contributed by atoms with E-state index >= 15 is 0 Å². The molecule has 0 spiro atoms. The number of sulfonamides is 1. The van der Waals surface area contributed by atoms with Crippen molar-refractivity contribution >= 4 is 21.6 Å². The first-order chi connectivity index (χ1) is 15.2. The van der Waals surface area contributed by atoms with Crippen LogP contribution in [-0.2, 0) is 14.8 Å². The first kappa shape index (κ1) is 22.1. The van der Waals surface area contributed by atoms with Crippen LogP contribution in [0.3, 0.4) is 0 Å². The number of aromatic nitrogens is 2. The molecule has 1 fully saturated rings. The maximum absolute atomic E-state index is 13.2. The Morgan fingerprint density at radius 3 is 2.31 bits per heavy atom. The maximum atomic E-state index is 13.2. The topological polar surface area (TPSA) is 93.5 Å². The average Bonchev–Trinajstić information content (AvgIpc) is 3.24. The van der Waals surface area contributed by atoms with Gasteiger partial charge in [0, 0.05) is 24.5 Å². The van der Waals surface area contributed by atoms with Crippen molar-refractivity contribution in [1.29, 1.82) is 0 Å². The minimum Gasteiger partial charge on any atom is -0.373 e. The van der Waals surface area contributed by atoms with E-state index in [4.69, 9.17) is 4.74 Å². The zero-order valence-corrected chi connectivity index (χ0v) is 18.4. The van der Waals surface area contributed by atoms with E-state index in [2.05, 4.69) is 10.3 Å². The lowest BCUT2D eigenvalue weighted by Gasteiger charge is -2.34. The van der Waals surface area contributed by atoms with E-state index in [1.165, 1.54) is 57.8 Å². The van der Waals surface area contributed by atoms with Gasteiger partial charge in [-0.25, -0.2) is 17.8 Å². The zero-order chi connectivity index (χ0) is 22.9. The van der Waals surface area contributed by atoms with E-state index in [9.17, 15) is 17.6 Å². The molecule has 2 heterocycles. The highest BCUT2D eigenvalue weighted by Gasteiger charge is 2.32. The first-order valence-corrected chi connectivity index (χ1v) is 11.5. The Morgan fingerprint density at radius 2 is 1.69 bits per heavy atom. The summed E-state index contributed by atoms with van der Waals surface area (Å²) in [5.41, 5.74) is 1.28. The van der Waals surface area contributed by atoms with Crippen LogP contribution in [0.15, 0.2) is 66.0 Å². The molecule has 1 saturated heterocycles. The maximum Gasteiger partial charge on any atom is 0.274 e. The summed E-state index contributed by atoms with van der Waals surface area (Å²) in [5, 5.41) is 2.74. The SMILES string of the molecule is C[C@@H]1CN(S(=O)(=O)c2ccc(NC(=O)c3cncn3-c3ccc(F)cc3)cc2)C[C@H](C)O1. The predicted octanol–water partition coefficient (Wildman–Crippen LogP) is 3.06. The summed E-state index contributed by atoms with van der Waals surface area (Å²) in [6.45, 7) is 4.26. The second-order valence-electron chi connectivity index (χ2n) is 7.68. The molecule has 10 heteroatoms. The highest BCUT2D eigenvalue weighted by Crippen LogP contribution is 2.23. The molecule has 8 nitrogen and oxygen atoms in total. The number of hydrogen-bond donors (Lipinski definition) is 1. The Balaban J connectivity index is 1.49. The summed E-state index contributed by atoms with van der Waals surface area (Å²) >= 11 is 0. The molecule has 0 radical (unpaired) electrons. The number of carbonyl (C=O) groups is 1. The van der Waals surface area contributed by atoms with E-state index in [1.807, 2.05) is 13.8 Å². The third-order valence-electron chi connectivity index (χ3n) is 5.11. The zero-order valence-electron chi connectivity index (χ0n) is 17.6. The summed E-state index contributed by atoms with van der Waals surface area (Å²) in [6, 6.07) is 11.7. The number of ether oxygens (including phenoxy) is 1. The van der Waals surface area contributed by atoms with Crippen LogP contribution < -0.4 is 5.32 Å². The average molecular weight is 459 g/mol. The molecule has 1 aliphatic rings. The summed E-state index contributed by atoms with van der Waals surface area (Å²) < 4.78 is 47.7. The van der Waals surface area contributed by atoms with E-state index in [0.717, 1.165) is 0 Å². The fourth-order valence-corrected chi connectivity index (χ4v) is 5.24. The van der Waals surface area contributed by atoms with Crippen LogP contribution in [-0.4, -0.2) is 53.5 Å². The van der Waals surface area contributed by atoms with Crippen LogP contribution in [0.25, 0.3) is 5.69 Å². The smallest absolute Gasteiger partial charge is 0.274 e. The minimum atomic E-state index is -3.67. The molecule has 0 aliphatic carbocycles. The summed E-state index contributed by atoms with van der Waals surface area (Å²) in [5.74, 6) is -0.811. The first-order valence-electron chi connectivity index (χ1n) is 10.1. The van der Waals surface area contributed by atoms with E-state index in [1.54, 1.807) is 12.1 Å². The Kier molecular flexibility index (Phi) is 6.09. The number of imidazole rings is 1. The highest BCUT2D eigenvalue weighted by molar-refractivity contribution is 7.89. The van der Waals surface area contributed by atoms with Gasteiger partial charge >= 0.3 is 0 Å². The quantitative estimate of drug-likeness (QED) is 0.634. The van der Waals surface area contributed by atoms with Gasteiger partial charge in [0.05, 0.1) is 29.6 Å². The summed E-state index contributed by atoms with van der Waals surface area (Å²) in [4.78, 5) is 16.9. The van der Waals surface area contributed by atoms with Crippen molar-refractivity contribution in [3.63, 3.8) is 0 Å². The second-order valence-corrected chi connectivity index (χ2v) is 9.62. The number of rotatable bonds is 5. The fraction of sp³-hybridized carbons (Fsp3) is 0.273. The molecule has 1 N–H and O–H groups in total. The molecule has 3 aromatic rings. The van der Waals surface area contributed by atoms with Crippen molar-refractivity contribution in [3.8, 4) is 5.69 Å². The van der Waals surface area contributed by atoms with Crippen LogP contribution in [0, 0.1) is 5.82 Å². The normalized spacial score (nSPS) is 19.6. The van der Waals surface area contributed by atoms with Crippen molar-refractivity contribution in [2.75, 3.05) is 18.4 Å². The standard InChI is InChI=1S/C22H23FN4O4S/c1-15-12-26(13-16(2)31-15)32(29,30)20-9-5-18(6-10-20)25-22(28)21-11-24-14-27(21)19-7-3-17(23)4-8-19/h3-11,14-16H,12-13H2,1-2H3,(H,25,28)/t15-,16+. The third-order valence-corrected chi connectivity index (χ3v) is 6.96. The second kappa shape index (κ2) is 8.81. The van der Waals surface area contributed by atoms with E-state index < -0.39 is 15.9 Å². The molecular weight excluding hydrogens is 435 g/mol. The monoisotopic (exact) mass is 458 g/mol. The molecule has 32 heavy (non-hydrogen) atoms. The number of amides is 1. The van der Waals surface area contributed by atoms with Crippen molar-refractivity contribution in [2.24, 2.45) is 0 Å². The number of morpholine rings is 1. The number of anilines is 1. The van der Waals surface area contributed by atoms with E-state index in [-0.39, 0.29) is 28.6 Å². The van der Waals surface area contributed by atoms with Crippen LogP contribution in [0.5, 0.6) is 0 Å². The number of benzene rings is 2. The number of nitrogens with one attached hydrogen (secondary N) is 1. The number of nitrogens with zero attached hydrogens (tertiary/aromatic N) is 3. The van der Waals surface area contributed by atoms with Gasteiger partial charge < -0.3 is 10.1 Å². The molecule has 0 bridgehead atoms. The molecular formula is C22H23FN4O4S. The van der Waals surface area contributed by atoms with Gasteiger partial charge in [0.25, 0.3) is 5.91 Å². The molecule has 1 aromatic heterocycles. The van der Waals surface area contributed by atoms with Gasteiger partial charge in [-0.15, -0.1) is 0 Å². The van der Waals surface area contributed by atoms with Crippen molar-refractivity contribution < 1.29 is 22.3 Å². The highest BCUT2D eigenvalue weighted by atomic mass is 32.2. The Bertz CT molecular complexity index is 1200. The van der Waals surface area contributed by atoms with Gasteiger partial charge in [-0.3, -0.25) is 9.36 Å². The van der Waals surface area contributed by atoms with Crippen molar-refractivity contribution in [1.82, 2.24) is 13.9 Å². The number of carbonyl (C=O) groups excluding carboxylic acids is 1. The number of hydrogen-bond acceptors (Lipinski definition) is 5. The van der Waals surface area contributed by atoms with Crippen molar-refractivity contribution in [2.45, 2.75) is 31.0 Å². The van der Waals surface area contributed by atoms with Gasteiger partial charge in [-0.05, 0) is 62.4 Å². The van der Waals surface area contributed by atoms with Crippen LogP contribution in [0.1, 0.15) is 24.3 Å². The summed E-state index contributed by atoms with van der Waals surface area (Å²) in [7, 11) is -3.67. The fourth-order valence-electron chi connectivity index (χ4n) is 3.65. The summed E-state index contributed by atoms with van der Waals surface area (Å²) in [6.07, 6.45) is 2.50. The largest absolute Gasteiger partial charge is 0.373 e. The molecule has 1 amide bonds. The lowest BCUT2D eigenvalue weighted by Crippen LogP contribution is -2.48. The van der Waals surface area contributed by atoms with Gasteiger partial charge in [0.15, 0.2) is 0 Å².